The Kier molecular flexibility index (Phi) is 4.13. The highest BCUT2D eigenvalue weighted by atomic mass is 16.4. The van der Waals surface area contributed by atoms with Crippen LogP contribution < -0.4 is 10.2 Å². The Balaban J connectivity index is 2.33. The Hall–Kier alpha value is -2.15. The number of amides is 1. The van der Waals surface area contributed by atoms with Crippen LogP contribution in [0.15, 0.2) is 18.3 Å². The van der Waals surface area contributed by atoms with Crippen molar-refractivity contribution in [2.45, 2.75) is 19.5 Å². The predicted molar refractivity (Wildman–Crippen MR) is 78.4 cm³/mol. The molecule has 114 valence electrons. The second-order valence-corrected chi connectivity index (χ2v) is 5.22. The lowest BCUT2D eigenvalue weighted by molar-refractivity contribution is -0.130. The number of carbonyl (C=O) groups is 2. The Morgan fingerprint density at radius 1 is 1.38 bits per heavy atom. The molecule has 2 heterocycles. The van der Waals surface area contributed by atoms with E-state index in [1.54, 1.807) is 13.2 Å². The van der Waals surface area contributed by atoms with Crippen molar-refractivity contribution >= 4 is 17.7 Å². The molecule has 1 fully saturated rings. The standard InChI is InChI=1S/C14H20N4O3/c1-10-4-5-12(16-8-10)17-6-7-18(13(20)21)14(9-17,15-3)11(2)19/h4-5,8,15H,6-7,9H2,1-3H3,(H,20,21). The number of aryl methyl sites for hydroxylation is 1. The van der Waals surface area contributed by atoms with Crippen molar-refractivity contribution in [3.63, 3.8) is 0 Å². The Morgan fingerprint density at radius 3 is 2.57 bits per heavy atom. The average molecular weight is 292 g/mol. The van der Waals surface area contributed by atoms with Crippen LogP contribution in [-0.4, -0.2) is 59.2 Å². The van der Waals surface area contributed by atoms with Gasteiger partial charge in [0.1, 0.15) is 5.82 Å². The van der Waals surface area contributed by atoms with E-state index >= 15 is 0 Å². The van der Waals surface area contributed by atoms with Crippen molar-refractivity contribution in [3.05, 3.63) is 23.9 Å². The maximum absolute atomic E-state index is 12.1. The van der Waals surface area contributed by atoms with Crippen LogP contribution in [0.2, 0.25) is 0 Å². The first-order valence-corrected chi connectivity index (χ1v) is 6.79. The highest BCUT2D eigenvalue weighted by Gasteiger charge is 2.47. The molecule has 1 aliphatic heterocycles. The maximum Gasteiger partial charge on any atom is 0.409 e. The molecule has 1 saturated heterocycles. The number of carboxylic acid groups (broad SMARTS) is 1. The third kappa shape index (κ3) is 2.69. The minimum absolute atomic E-state index is 0.232. The maximum atomic E-state index is 12.1. The van der Waals surface area contributed by atoms with E-state index < -0.39 is 11.8 Å². The van der Waals surface area contributed by atoms with Gasteiger partial charge in [0.2, 0.25) is 0 Å². The summed E-state index contributed by atoms with van der Waals surface area (Å²) in [4.78, 5) is 30.9. The number of likely N-dealkylation sites (N-methyl/N-ethyl adjacent to an activating group) is 1. The number of nitrogens with zero attached hydrogens (tertiary/aromatic N) is 3. The van der Waals surface area contributed by atoms with Crippen LogP contribution in [0, 0.1) is 6.92 Å². The highest BCUT2D eigenvalue weighted by Crippen LogP contribution is 2.24. The van der Waals surface area contributed by atoms with E-state index in [4.69, 9.17) is 0 Å². The quantitative estimate of drug-likeness (QED) is 0.852. The summed E-state index contributed by atoms with van der Waals surface area (Å²) in [6.07, 6.45) is 0.657. The van der Waals surface area contributed by atoms with E-state index in [0.29, 0.717) is 6.54 Å². The zero-order chi connectivity index (χ0) is 15.6. The van der Waals surface area contributed by atoms with Gasteiger partial charge in [-0.2, -0.15) is 0 Å². The van der Waals surface area contributed by atoms with Crippen LogP contribution in [0.4, 0.5) is 10.6 Å². The van der Waals surface area contributed by atoms with Crippen LogP contribution in [0.1, 0.15) is 12.5 Å². The number of anilines is 1. The predicted octanol–water partition coefficient (Wildman–Crippen LogP) is 0.695. The summed E-state index contributed by atoms with van der Waals surface area (Å²) in [5.41, 5.74) is -0.189. The number of aromatic nitrogens is 1. The lowest BCUT2D eigenvalue weighted by Crippen LogP contribution is -2.73. The third-order valence-corrected chi connectivity index (χ3v) is 3.92. The number of carbonyl (C=O) groups excluding carboxylic acids is 1. The van der Waals surface area contributed by atoms with Crippen molar-refractivity contribution in [2.75, 3.05) is 31.6 Å². The SMILES string of the molecule is CNC1(C(C)=O)CN(c2ccc(C)cn2)CCN1C(=O)O. The fourth-order valence-corrected chi connectivity index (χ4v) is 2.65. The number of nitrogens with one attached hydrogen (secondary N) is 1. The van der Waals surface area contributed by atoms with Crippen molar-refractivity contribution < 1.29 is 14.7 Å². The minimum atomic E-state index is -1.24. The van der Waals surface area contributed by atoms with Crippen molar-refractivity contribution in [1.82, 2.24) is 15.2 Å². The molecule has 21 heavy (non-hydrogen) atoms. The first kappa shape index (κ1) is 15.2. The van der Waals surface area contributed by atoms with Gasteiger partial charge < -0.3 is 10.0 Å². The van der Waals surface area contributed by atoms with Crippen molar-refractivity contribution in [3.8, 4) is 0 Å². The van der Waals surface area contributed by atoms with E-state index in [0.717, 1.165) is 11.4 Å². The molecule has 0 spiro atoms. The number of ketones is 1. The molecule has 7 heteroatoms. The number of Topliss-reactive ketones (excluding diaryl/α,β-unsaturated/α-hetero) is 1. The summed E-state index contributed by atoms with van der Waals surface area (Å²) < 4.78 is 0. The van der Waals surface area contributed by atoms with E-state index in [9.17, 15) is 14.7 Å². The minimum Gasteiger partial charge on any atom is -0.465 e. The van der Waals surface area contributed by atoms with E-state index in [1.807, 2.05) is 24.0 Å². The first-order valence-electron chi connectivity index (χ1n) is 6.79. The molecule has 0 bridgehead atoms. The van der Waals surface area contributed by atoms with Gasteiger partial charge in [-0.15, -0.1) is 0 Å². The number of hydrogen-bond acceptors (Lipinski definition) is 5. The summed E-state index contributed by atoms with van der Waals surface area (Å²) in [6, 6.07) is 3.83. The monoisotopic (exact) mass is 292 g/mol. The first-order chi connectivity index (χ1) is 9.90. The van der Waals surface area contributed by atoms with Crippen LogP contribution in [0.5, 0.6) is 0 Å². The molecule has 1 aromatic rings. The number of rotatable bonds is 3. The molecule has 1 atom stereocenters. The number of hydrogen-bond donors (Lipinski definition) is 2. The van der Waals surface area contributed by atoms with E-state index in [2.05, 4.69) is 10.3 Å². The van der Waals surface area contributed by atoms with Gasteiger partial charge in [-0.1, -0.05) is 6.07 Å². The lowest BCUT2D eigenvalue weighted by atomic mass is 10.00. The number of piperazine rings is 1. The Morgan fingerprint density at radius 2 is 2.10 bits per heavy atom. The number of pyridine rings is 1. The molecule has 7 nitrogen and oxygen atoms in total. The molecule has 0 radical (unpaired) electrons. The zero-order valence-corrected chi connectivity index (χ0v) is 12.5. The zero-order valence-electron chi connectivity index (χ0n) is 12.5. The molecule has 1 unspecified atom stereocenters. The molecule has 1 aliphatic rings. The van der Waals surface area contributed by atoms with Crippen molar-refractivity contribution in [2.24, 2.45) is 0 Å². The third-order valence-electron chi connectivity index (χ3n) is 3.92. The molecule has 2 rings (SSSR count). The molecule has 0 aromatic carbocycles. The van der Waals surface area contributed by atoms with Crippen molar-refractivity contribution in [1.29, 1.82) is 0 Å². The van der Waals surface area contributed by atoms with Gasteiger partial charge in [0.25, 0.3) is 0 Å². The van der Waals surface area contributed by atoms with Crippen LogP contribution in [0.25, 0.3) is 0 Å². The molecule has 1 amide bonds. The molecule has 0 aliphatic carbocycles. The van der Waals surface area contributed by atoms with Crippen LogP contribution in [-0.2, 0) is 4.79 Å². The van der Waals surface area contributed by atoms with Crippen LogP contribution >= 0.6 is 0 Å². The fourth-order valence-electron chi connectivity index (χ4n) is 2.65. The second-order valence-electron chi connectivity index (χ2n) is 5.22. The van der Waals surface area contributed by atoms with Gasteiger partial charge in [-0.25, -0.2) is 9.78 Å². The summed E-state index contributed by atoms with van der Waals surface area (Å²) in [7, 11) is 1.60. The fraction of sp³-hybridized carbons (Fsp3) is 0.500. The molecule has 0 saturated carbocycles. The topological polar surface area (TPSA) is 85.8 Å². The van der Waals surface area contributed by atoms with Crippen LogP contribution in [0.3, 0.4) is 0 Å². The Labute approximate surface area is 123 Å². The summed E-state index contributed by atoms with van der Waals surface area (Å²) >= 11 is 0. The summed E-state index contributed by atoms with van der Waals surface area (Å²) in [6.45, 7) is 4.33. The lowest BCUT2D eigenvalue weighted by Gasteiger charge is -2.48. The van der Waals surface area contributed by atoms with Gasteiger partial charge in [-0.3, -0.25) is 15.0 Å². The molecule has 1 aromatic heterocycles. The Bertz CT molecular complexity index is 546. The molecule has 2 N–H and O–H groups in total. The van der Waals surface area contributed by atoms with Gasteiger partial charge >= 0.3 is 6.09 Å². The molecular formula is C14H20N4O3. The van der Waals surface area contributed by atoms with Gasteiger partial charge in [0.15, 0.2) is 11.4 Å². The largest absolute Gasteiger partial charge is 0.465 e. The van der Waals surface area contributed by atoms with Gasteiger partial charge in [0.05, 0.1) is 6.54 Å². The summed E-state index contributed by atoms with van der Waals surface area (Å²) in [5.74, 6) is 0.510. The normalized spacial score (nSPS) is 22.2. The highest BCUT2D eigenvalue weighted by molar-refractivity contribution is 5.90. The smallest absolute Gasteiger partial charge is 0.409 e. The van der Waals surface area contributed by atoms with E-state index in [-0.39, 0.29) is 18.9 Å². The van der Waals surface area contributed by atoms with Gasteiger partial charge in [-0.05, 0) is 32.5 Å². The summed E-state index contributed by atoms with van der Waals surface area (Å²) in [5, 5.41) is 12.2. The van der Waals surface area contributed by atoms with E-state index in [1.165, 1.54) is 11.8 Å². The molecular weight excluding hydrogens is 272 g/mol. The second kappa shape index (κ2) is 5.69. The van der Waals surface area contributed by atoms with Gasteiger partial charge in [0, 0.05) is 19.3 Å². The average Bonchev–Trinajstić information content (AvgIpc) is 2.46.